The van der Waals surface area contributed by atoms with Gasteiger partial charge in [0.15, 0.2) is 5.78 Å². The van der Waals surface area contributed by atoms with Gasteiger partial charge in [-0.25, -0.2) is 4.79 Å². The first-order valence-electron chi connectivity index (χ1n) is 14.9. The Labute approximate surface area is 259 Å². The van der Waals surface area contributed by atoms with Gasteiger partial charge in [0.25, 0.3) is 0 Å². The van der Waals surface area contributed by atoms with Gasteiger partial charge in [-0.15, -0.1) is 0 Å². The molecule has 7 heteroatoms. The number of benzene rings is 4. The minimum Gasteiger partial charge on any atom is -0.494 e. The van der Waals surface area contributed by atoms with E-state index in [-0.39, 0.29) is 17.6 Å². The number of amides is 1. The number of ether oxygens (including phenoxy) is 2. The molecule has 0 saturated carbocycles. The largest absolute Gasteiger partial charge is 0.494 e. The maximum atomic E-state index is 13.2. The standard InChI is InChI=1S/C37H40N2O5/c1-27(2)36(41)39(26-29-13-6-4-7-14-29)23-12-24-44-31-21-19-28(20-22-31)25-34(37(42)43-3)38-33-18-11-10-17-32(33)35(40)30-15-8-5-9-16-30/h4-11,13-22,27,34,38H,12,23-26H2,1-3H3/t34-/m0/s1. The molecule has 228 valence electrons. The van der Waals surface area contributed by atoms with Crippen LogP contribution in [0.2, 0.25) is 0 Å². The van der Waals surface area contributed by atoms with Crippen LogP contribution in [-0.2, 0) is 27.3 Å². The van der Waals surface area contributed by atoms with Crippen LogP contribution in [0.25, 0.3) is 0 Å². The first-order valence-corrected chi connectivity index (χ1v) is 14.9. The Morgan fingerprint density at radius 2 is 1.41 bits per heavy atom. The van der Waals surface area contributed by atoms with E-state index in [0.29, 0.717) is 55.1 Å². The van der Waals surface area contributed by atoms with Gasteiger partial charge in [-0.1, -0.05) is 98.8 Å². The molecular weight excluding hydrogens is 552 g/mol. The Morgan fingerprint density at radius 1 is 0.773 bits per heavy atom. The van der Waals surface area contributed by atoms with Crippen LogP contribution >= 0.6 is 0 Å². The lowest BCUT2D eigenvalue weighted by Gasteiger charge is -2.25. The van der Waals surface area contributed by atoms with Crippen molar-refractivity contribution in [3.8, 4) is 5.75 Å². The summed E-state index contributed by atoms with van der Waals surface area (Å²) in [5, 5.41) is 3.24. The number of nitrogens with one attached hydrogen (secondary N) is 1. The maximum absolute atomic E-state index is 13.2. The average molecular weight is 593 g/mol. The number of carbonyl (C=O) groups is 3. The van der Waals surface area contributed by atoms with Gasteiger partial charge in [0.1, 0.15) is 11.8 Å². The van der Waals surface area contributed by atoms with Gasteiger partial charge in [-0.3, -0.25) is 9.59 Å². The number of nitrogens with zero attached hydrogens (tertiary/aromatic N) is 1. The quantitative estimate of drug-likeness (QED) is 0.0955. The summed E-state index contributed by atoms with van der Waals surface area (Å²) in [4.78, 5) is 40.6. The summed E-state index contributed by atoms with van der Waals surface area (Å²) in [6.45, 7) is 5.48. The van der Waals surface area contributed by atoms with E-state index in [9.17, 15) is 14.4 Å². The molecule has 0 saturated heterocycles. The molecule has 4 aromatic rings. The Bertz CT molecular complexity index is 1500. The fourth-order valence-corrected chi connectivity index (χ4v) is 4.91. The fraction of sp³-hybridized carbons (Fsp3) is 0.270. The monoisotopic (exact) mass is 592 g/mol. The first kappa shape index (κ1) is 32.0. The third-order valence-corrected chi connectivity index (χ3v) is 7.25. The zero-order valence-electron chi connectivity index (χ0n) is 25.6. The SMILES string of the molecule is COC(=O)[C@H](Cc1ccc(OCCCN(Cc2ccccc2)C(=O)C(C)C)cc1)Nc1ccccc1C(=O)c1ccccc1. The van der Waals surface area contributed by atoms with E-state index in [4.69, 9.17) is 9.47 Å². The minimum atomic E-state index is -0.703. The third kappa shape index (κ3) is 9.04. The second-order valence-electron chi connectivity index (χ2n) is 10.9. The predicted octanol–water partition coefficient (Wildman–Crippen LogP) is 6.57. The highest BCUT2D eigenvalue weighted by atomic mass is 16.5. The van der Waals surface area contributed by atoms with Gasteiger partial charge in [-0.2, -0.15) is 0 Å². The average Bonchev–Trinajstić information content (AvgIpc) is 3.06. The number of anilines is 1. The van der Waals surface area contributed by atoms with E-state index >= 15 is 0 Å². The summed E-state index contributed by atoms with van der Waals surface area (Å²) in [7, 11) is 1.35. The number of rotatable bonds is 15. The van der Waals surface area contributed by atoms with Crippen LogP contribution in [0.5, 0.6) is 5.75 Å². The molecule has 0 aliphatic rings. The number of hydrogen-bond acceptors (Lipinski definition) is 6. The van der Waals surface area contributed by atoms with Crippen LogP contribution in [0.4, 0.5) is 5.69 Å². The molecule has 0 aliphatic carbocycles. The predicted molar refractivity (Wildman–Crippen MR) is 173 cm³/mol. The Balaban J connectivity index is 1.35. The first-order chi connectivity index (χ1) is 21.4. The van der Waals surface area contributed by atoms with Crippen LogP contribution in [0.15, 0.2) is 109 Å². The summed E-state index contributed by atoms with van der Waals surface area (Å²) < 4.78 is 11.1. The Kier molecular flexibility index (Phi) is 11.7. The molecule has 1 N–H and O–H groups in total. The van der Waals surface area contributed by atoms with Gasteiger partial charge in [0.05, 0.1) is 13.7 Å². The zero-order chi connectivity index (χ0) is 31.3. The maximum Gasteiger partial charge on any atom is 0.328 e. The summed E-state index contributed by atoms with van der Waals surface area (Å²) in [5.41, 5.74) is 3.62. The minimum absolute atomic E-state index is 0.0756. The van der Waals surface area contributed by atoms with Crippen molar-refractivity contribution in [2.75, 3.05) is 25.6 Å². The van der Waals surface area contributed by atoms with Crippen molar-refractivity contribution in [1.82, 2.24) is 4.90 Å². The molecule has 1 amide bonds. The summed E-state index contributed by atoms with van der Waals surface area (Å²) >= 11 is 0. The second-order valence-corrected chi connectivity index (χ2v) is 10.9. The van der Waals surface area contributed by atoms with Crippen molar-refractivity contribution < 1.29 is 23.9 Å². The van der Waals surface area contributed by atoms with Gasteiger partial charge < -0.3 is 19.7 Å². The number of carbonyl (C=O) groups excluding carboxylic acids is 3. The summed E-state index contributed by atoms with van der Waals surface area (Å²) in [6.07, 6.45) is 1.05. The molecule has 0 unspecified atom stereocenters. The molecule has 0 spiro atoms. The Hall–Kier alpha value is -4.91. The van der Waals surface area contributed by atoms with E-state index < -0.39 is 12.0 Å². The number of methoxy groups -OCH3 is 1. The van der Waals surface area contributed by atoms with Crippen LogP contribution in [0.3, 0.4) is 0 Å². The zero-order valence-corrected chi connectivity index (χ0v) is 25.6. The van der Waals surface area contributed by atoms with Crippen molar-refractivity contribution in [1.29, 1.82) is 0 Å². The summed E-state index contributed by atoms with van der Waals surface area (Å²) in [5.74, 6) is 0.200. The van der Waals surface area contributed by atoms with Crippen LogP contribution in [0.1, 0.15) is 47.3 Å². The smallest absolute Gasteiger partial charge is 0.328 e. The molecular formula is C37H40N2O5. The van der Waals surface area contributed by atoms with E-state index in [2.05, 4.69) is 5.32 Å². The highest BCUT2D eigenvalue weighted by Gasteiger charge is 2.23. The molecule has 0 fully saturated rings. The second kappa shape index (κ2) is 16.1. The lowest BCUT2D eigenvalue weighted by Crippen LogP contribution is -2.35. The number of para-hydroxylation sites is 1. The van der Waals surface area contributed by atoms with E-state index in [1.54, 1.807) is 30.3 Å². The van der Waals surface area contributed by atoms with E-state index in [0.717, 1.165) is 11.1 Å². The van der Waals surface area contributed by atoms with Crippen molar-refractivity contribution in [3.63, 3.8) is 0 Å². The van der Waals surface area contributed by atoms with Crippen molar-refractivity contribution >= 4 is 23.3 Å². The van der Waals surface area contributed by atoms with Gasteiger partial charge in [0, 0.05) is 42.2 Å². The molecule has 0 radical (unpaired) electrons. The molecule has 4 rings (SSSR count). The van der Waals surface area contributed by atoms with E-state index in [1.165, 1.54) is 7.11 Å². The Morgan fingerprint density at radius 3 is 2.07 bits per heavy atom. The van der Waals surface area contributed by atoms with Gasteiger partial charge in [0.2, 0.25) is 5.91 Å². The molecule has 1 atom stereocenters. The molecule has 0 bridgehead atoms. The van der Waals surface area contributed by atoms with Crippen LogP contribution in [0, 0.1) is 5.92 Å². The third-order valence-electron chi connectivity index (χ3n) is 7.25. The number of esters is 1. The highest BCUT2D eigenvalue weighted by Crippen LogP contribution is 2.22. The number of hydrogen-bond donors (Lipinski definition) is 1. The van der Waals surface area contributed by atoms with Crippen molar-refractivity contribution in [2.24, 2.45) is 5.92 Å². The number of ketones is 1. The van der Waals surface area contributed by atoms with Crippen molar-refractivity contribution in [3.05, 3.63) is 131 Å². The van der Waals surface area contributed by atoms with E-state index in [1.807, 2.05) is 97.6 Å². The molecule has 44 heavy (non-hydrogen) atoms. The van der Waals surface area contributed by atoms with Crippen LogP contribution < -0.4 is 10.1 Å². The molecule has 7 nitrogen and oxygen atoms in total. The molecule has 0 aliphatic heterocycles. The molecule has 4 aromatic carbocycles. The highest BCUT2D eigenvalue weighted by molar-refractivity contribution is 6.12. The lowest BCUT2D eigenvalue weighted by atomic mass is 10.00. The topological polar surface area (TPSA) is 84.9 Å². The van der Waals surface area contributed by atoms with Crippen molar-refractivity contribution in [2.45, 2.75) is 39.3 Å². The molecule has 0 heterocycles. The van der Waals surface area contributed by atoms with Gasteiger partial charge in [-0.05, 0) is 41.8 Å². The summed E-state index contributed by atoms with van der Waals surface area (Å²) in [6, 6.07) is 33.1. The lowest BCUT2D eigenvalue weighted by molar-refractivity contribution is -0.141. The molecule has 0 aromatic heterocycles. The fourth-order valence-electron chi connectivity index (χ4n) is 4.91. The van der Waals surface area contributed by atoms with Gasteiger partial charge >= 0.3 is 5.97 Å². The van der Waals surface area contributed by atoms with Crippen LogP contribution in [-0.4, -0.2) is 48.9 Å². The normalized spacial score (nSPS) is 11.5.